The highest BCUT2D eigenvalue weighted by molar-refractivity contribution is 6.32. The zero-order valence-electron chi connectivity index (χ0n) is 14.8. The predicted octanol–water partition coefficient (Wildman–Crippen LogP) is 5.19. The zero-order valence-corrected chi connectivity index (χ0v) is 16.3. The molecule has 0 bridgehead atoms. The van der Waals surface area contributed by atoms with Crippen molar-refractivity contribution in [1.82, 2.24) is 9.88 Å². The van der Waals surface area contributed by atoms with Crippen LogP contribution in [-0.4, -0.2) is 16.5 Å². The second-order valence-corrected chi connectivity index (χ2v) is 7.19. The maximum absolute atomic E-state index is 12.8. The monoisotopic (exact) mass is 411 g/mol. The average Bonchev–Trinajstić information content (AvgIpc) is 3.22. The molecule has 4 rings (SSSR count). The molecule has 0 atom stereocenters. The maximum atomic E-state index is 12.8. The number of hydrogen-bond acceptors (Lipinski definition) is 2. The number of amides is 3. The van der Waals surface area contributed by atoms with Crippen LogP contribution in [0.1, 0.15) is 11.3 Å². The molecule has 3 amide bonds. The molecule has 7 heteroatoms. The number of aromatic nitrogens is 1. The van der Waals surface area contributed by atoms with Crippen molar-refractivity contribution in [3.8, 4) is 5.69 Å². The number of carbonyl (C=O) groups is 2. The fourth-order valence-corrected chi connectivity index (χ4v) is 3.37. The van der Waals surface area contributed by atoms with Gasteiger partial charge in [0.25, 0.3) is 5.91 Å². The van der Waals surface area contributed by atoms with Gasteiger partial charge < -0.3 is 9.88 Å². The normalized spacial score (nSPS) is 15.4. The van der Waals surface area contributed by atoms with Crippen LogP contribution in [0.5, 0.6) is 0 Å². The van der Waals surface area contributed by atoms with Crippen LogP contribution < -0.4 is 10.2 Å². The number of anilines is 1. The molecule has 2 heterocycles. The van der Waals surface area contributed by atoms with Crippen molar-refractivity contribution in [1.29, 1.82) is 0 Å². The van der Waals surface area contributed by atoms with Crippen molar-refractivity contribution >= 4 is 46.9 Å². The SMILES string of the molecule is Cc1ccc(-n2cccc2/C=C2/NC(=O)N(c3cccc(Cl)c3)C2=O)cc1Cl. The molecule has 1 fully saturated rings. The quantitative estimate of drug-likeness (QED) is 0.476. The Morgan fingerprint density at radius 2 is 1.79 bits per heavy atom. The third-order valence-electron chi connectivity index (χ3n) is 4.45. The second-order valence-electron chi connectivity index (χ2n) is 6.35. The third-order valence-corrected chi connectivity index (χ3v) is 5.09. The summed E-state index contributed by atoms with van der Waals surface area (Å²) in [6.07, 6.45) is 3.50. The van der Waals surface area contributed by atoms with E-state index < -0.39 is 11.9 Å². The van der Waals surface area contributed by atoms with Crippen LogP contribution in [0.2, 0.25) is 10.0 Å². The molecule has 3 aromatic rings. The van der Waals surface area contributed by atoms with Gasteiger partial charge in [-0.1, -0.05) is 35.3 Å². The number of benzene rings is 2. The summed E-state index contributed by atoms with van der Waals surface area (Å²) in [4.78, 5) is 26.2. The standard InChI is InChI=1S/C21H15Cl2N3O2/c1-13-7-8-16(11-18(13)23)25-9-3-6-15(25)12-19-20(27)26(21(28)24-19)17-5-2-4-14(22)10-17/h2-12H,1H3,(H,24,28)/b19-12+. The van der Waals surface area contributed by atoms with Crippen LogP contribution in [0, 0.1) is 6.92 Å². The molecule has 1 saturated heterocycles. The summed E-state index contributed by atoms with van der Waals surface area (Å²) in [7, 11) is 0. The molecule has 0 spiro atoms. The van der Waals surface area contributed by atoms with Gasteiger partial charge in [0.15, 0.2) is 0 Å². The molecule has 28 heavy (non-hydrogen) atoms. The molecule has 0 aliphatic carbocycles. The number of aryl methyl sites for hydroxylation is 1. The summed E-state index contributed by atoms with van der Waals surface area (Å²) >= 11 is 12.2. The number of urea groups is 1. The molecule has 0 unspecified atom stereocenters. The van der Waals surface area contributed by atoms with Gasteiger partial charge in [-0.2, -0.15) is 0 Å². The summed E-state index contributed by atoms with van der Waals surface area (Å²) < 4.78 is 1.89. The Morgan fingerprint density at radius 3 is 2.54 bits per heavy atom. The van der Waals surface area contributed by atoms with E-state index in [0.29, 0.717) is 15.7 Å². The molecule has 0 saturated carbocycles. The topological polar surface area (TPSA) is 54.3 Å². The number of nitrogens with one attached hydrogen (secondary N) is 1. The number of carbonyl (C=O) groups excluding carboxylic acids is 2. The Hall–Kier alpha value is -3.02. The van der Waals surface area contributed by atoms with Crippen molar-refractivity contribution < 1.29 is 9.59 Å². The lowest BCUT2D eigenvalue weighted by molar-refractivity contribution is -0.113. The molecule has 2 aromatic carbocycles. The molecule has 1 N–H and O–H groups in total. The number of imide groups is 1. The molecule has 0 radical (unpaired) electrons. The van der Waals surface area contributed by atoms with Gasteiger partial charge in [-0.3, -0.25) is 4.79 Å². The smallest absolute Gasteiger partial charge is 0.317 e. The first kappa shape index (κ1) is 18.3. The number of hydrogen-bond donors (Lipinski definition) is 1. The molecule has 1 aliphatic heterocycles. The fraction of sp³-hybridized carbons (Fsp3) is 0.0476. The van der Waals surface area contributed by atoms with E-state index in [9.17, 15) is 9.59 Å². The van der Waals surface area contributed by atoms with E-state index in [1.165, 1.54) is 0 Å². The highest BCUT2D eigenvalue weighted by Gasteiger charge is 2.35. The molecule has 140 valence electrons. The summed E-state index contributed by atoms with van der Waals surface area (Å²) in [6, 6.07) is 15.5. The predicted molar refractivity (Wildman–Crippen MR) is 111 cm³/mol. The maximum Gasteiger partial charge on any atom is 0.333 e. The van der Waals surface area contributed by atoms with E-state index in [0.717, 1.165) is 21.8 Å². The summed E-state index contributed by atoms with van der Waals surface area (Å²) in [5, 5.41) is 3.73. The van der Waals surface area contributed by atoms with Crippen LogP contribution in [0.15, 0.2) is 66.5 Å². The van der Waals surface area contributed by atoms with Crippen LogP contribution in [0.3, 0.4) is 0 Å². The Balaban J connectivity index is 1.69. The van der Waals surface area contributed by atoms with Gasteiger partial charge in [0.1, 0.15) is 5.70 Å². The molecule has 1 aliphatic rings. The molecule has 5 nitrogen and oxygen atoms in total. The van der Waals surface area contributed by atoms with Gasteiger partial charge in [-0.15, -0.1) is 0 Å². The molecule has 1 aromatic heterocycles. The van der Waals surface area contributed by atoms with Crippen molar-refractivity contribution in [2.24, 2.45) is 0 Å². The van der Waals surface area contributed by atoms with E-state index in [1.54, 1.807) is 30.3 Å². The lowest BCUT2D eigenvalue weighted by Crippen LogP contribution is -2.30. The van der Waals surface area contributed by atoms with Crippen LogP contribution >= 0.6 is 23.2 Å². The lowest BCUT2D eigenvalue weighted by Gasteiger charge is -2.11. The van der Waals surface area contributed by atoms with Gasteiger partial charge in [0, 0.05) is 27.6 Å². The van der Waals surface area contributed by atoms with Crippen molar-refractivity contribution in [2.45, 2.75) is 6.92 Å². The summed E-state index contributed by atoms with van der Waals surface area (Å²) in [5.41, 5.74) is 3.17. The molecular formula is C21H15Cl2N3O2. The van der Waals surface area contributed by atoms with Gasteiger partial charge in [-0.25, -0.2) is 9.69 Å². The van der Waals surface area contributed by atoms with Crippen molar-refractivity contribution in [2.75, 3.05) is 4.90 Å². The largest absolute Gasteiger partial charge is 0.333 e. The van der Waals surface area contributed by atoms with Crippen LogP contribution in [0.4, 0.5) is 10.5 Å². The van der Waals surface area contributed by atoms with Gasteiger partial charge in [-0.05, 0) is 61.0 Å². The van der Waals surface area contributed by atoms with Gasteiger partial charge in [0.05, 0.1) is 5.69 Å². The fourth-order valence-electron chi connectivity index (χ4n) is 3.01. The van der Waals surface area contributed by atoms with Gasteiger partial charge in [0.2, 0.25) is 0 Å². The number of rotatable bonds is 3. The van der Waals surface area contributed by atoms with Crippen molar-refractivity contribution in [3.05, 3.63) is 87.8 Å². The van der Waals surface area contributed by atoms with Crippen molar-refractivity contribution in [3.63, 3.8) is 0 Å². The van der Waals surface area contributed by atoms with E-state index in [4.69, 9.17) is 23.2 Å². The Bertz CT molecular complexity index is 1130. The number of nitrogens with zero attached hydrogens (tertiary/aromatic N) is 2. The van der Waals surface area contributed by atoms with Crippen LogP contribution in [-0.2, 0) is 4.79 Å². The lowest BCUT2D eigenvalue weighted by atomic mass is 10.2. The first-order chi connectivity index (χ1) is 13.4. The van der Waals surface area contributed by atoms with E-state index in [1.807, 2.05) is 48.0 Å². The summed E-state index contributed by atoms with van der Waals surface area (Å²) in [5.74, 6) is -0.443. The Morgan fingerprint density at radius 1 is 0.964 bits per heavy atom. The summed E-state index contributed by atoms with van der Waals surface area (Å²) in [6.45, 7) is 1.93. The zero-order chi connectivity index (χ0) is 19.8. The second kappa shape index (κ2) is 7.19. The highest BCUT2D eigenvalue weighted by Crippen LogP contribution is 2.26. The van der Waals surface area contributed by atoms with Crippen LogP contribution in [0.25, 0.3) is 11.8 Å². The average molecular weight is 412 g/mol. The highest BCUT2D eigenvalue weighted by atomic mass is 35.5. The van der Waals surface area contributed by atoms with E-state index in [2.05, 4.69) is 5.32 Å². The minimum atomic E-state index is -0.519. The first-order valence-corrected chi connectivity index (χ1v) is 9.26. The van der Waals surface area contributed by atoms with E-state index >= 15 is 0 Å². The van der Waals surface area contributed by atoms with Gasteiger partial charge >= 0.3 is 6.03 Å². The minimum Gasteiger partial charge on any atom is -0.317 e. The third kappa shape index (κ3) is 3.30. The first-order valence-electron chi connectivity index (χ1n) is 8.50. The Labute approximate surface area is 171 Å². The molecular weight excluding hydrogens is 397 g/mol. The minimum absolute atomic E-state index is 0.183. The Kier molecular flexibility index (Phi) is 4.71. The van der Waals surface area contributed by atoms with E-state index in [-0.39, 0.29) is 5.70 Å². The number of halogens is 2.